The number of aromatic nitrogens is 2. The van der Waals surface area contributed by atoms with Crippen LogP contribution >= 0.6 is 0 Å². The van der Waals surface area contributed by atoms with E-state index in [4.69, 9.17) is 9.47 Å². The predicted octanol–water partition coefficient (Wildman–Crippen LogP) is 5.94. The third-order valence-corrected chi connectivity index (χ3v) is 7.04. The first-order valence-electron chi connectivity index (χ1n) is 11.7. The van der Waals surface area contributed by atoms with Gasteiger partial charge in [-0.2, -0.15) is 0 Å². The van der Waals surface area contributed by atoms with Gasteiger partial charge in [-0.05, 0) is 36.4 Å². The molecule has 0 aliphatic heterocycles. The molecule has 0 aliphatic carbocycles. The molecule has 0 aliphatic rings. The first kappa shape index (κ1) is 24.8. The van der Waals surface area contributed by atoms with Crippen LogP contribution < -0.4 is 24.8 Å². The molecule has 0 unspecified atom stereocenters. The monoisotopic (exact) mass is 527 g/mol. The second kappa shape index (κ2) is 10.7. The zero-order chi connectivity index (χ0) is 26.5. The molecular formula is C28H25N5O4S. The molecule has 9 nitrogen and oxygen atoms in total. The van der Waals surface area contributed by atoms with Gasteiger partial charge in [0.2, 0.25) is 0 Å². The summed E-state index contributed by atoms with van der Waals surface area (Å²) in [4.78, 5) is 9.30. The lowest BCUT2D eigenvalue weighted by Crippen LogP contribution is -2.17. The Morgan fingerprint density at radius 1 is 0.632 bits per heavy atom. The number of fused-ring (bicyclic) bond motifs is 1. The highest BCUT2D eigenvalue weighted by Crippen LogP contribution is 2.32. The van der Waals surface area contributed by atoms with Crippen molar-refractivity contribution in [3.63, 3.8) is 0 Å². The zero-order valence-corrected chi connectivity index (χ0v) is 21.5. The average molecular weight is 528 g/mol. The Balaban J connectivity index is 1.55. The Morgan fingerprint density at radius 3 is 1.87 bits per heavy atom. The zero-order valence-electron chi connectivity index (χ0n) is 20.7. The highest BCUT2D eigenvalue weighted by atomic mass is 32.2. The van der Waals surface area contributed by atoms with Gasteiger partial charge in [0.05, 0.1) is 30.9 Å². The van der Waals surface area contributed by atoms with Gasteiger partial charge < -0.3 is 20.1 Å². The molecule has 0 spiro atoms. The van der Waals surface area contributed by atoms with E-state index in [1.54, 1.807) is 62.8 Å². The van der Waals surface area contributed by atoms with Crippen LogP contribution in [0.4, 0.5) is 28.7 Å². The standard InChI is InChI=1S/C28H25N5O4S/c1-36-21-16-20(17-22(18-21)37-2)30-27-28(32-24-13-7-6-12-23(24)31-27)33-38(34,35)26-15-9-8-14-25(26)29-19-10-4-3-5-11-19/h3-18,29H,1-2H3,(H,30,31)(H,32,33). The summed E-state index contributed by atoms with van der Waals surface area (Å²) in [6.45, 7) is 0. The number of sulfonamides is 1. The van der Waals surface area contributed by atoms with Crippen molar-refractivity contribution in [3.05, 3.63) is 97.1 Å². The van der Waals surface area contributed by atoms with Gasteiger partial charge in [-0.1, -0.05) is 42.5 Å². The van der Waals surface area contributed by atoms with E-state index in [0.29, 0.717) is 33.9 Å². The summed E-state index contributed by atoms with van der Waals surface area (Å²) in [5, 5.41) is 6.34. The van der Waals surface area contributed by atoms with E-state index in [9.17, 15) is 8.42 Å². The maximum atomic E-state index is 13.7. The number of ether oxygens (including phenoxy) is 2. The number of hydrogen-bond acceptors (Lipinski definition) is 8. The Labute approximate surface area is 220 Å². The molecule has 3 N–H and O–H groups in total. The van der Waals surface area contributed by atoms with Gasteiger partial charge in [-0.15, -0.1) is 0 Å². The van der Waals surface area contributed by atoms with Crippen LogP contribution in [-0.4, -0.2) is 32.6 Å². The van der Waals surface area contributed by atoms with Crippen LogP contribution in [0.1, 0.15) is 0 Å². The first-order valence-corrected chi connectivity index (χ1v) is 13.1. The maximum absolute atomic E-state index is 13.7. The fourth-order valence-corrected chi connectivity index (χ4v) is 5.01. The predicted molar refractivity (Wildman–Crippen MR) is 149 cm³/mol. The van der Waals surface area contributed by atoms with Crippen LogP contribution in [0.2, 0.25) is 0 Å². The van der Waals surface area contributed by atoms with Crippen LogP contribution in [0.15, 0.2) is 102 Å². The Hall–Kier alpha value is -4.83. The SMILES string of the molecule is COc1cc(Nc2nc3ccccc3nc2NS(=O)(=O)c2ccccc2Nc2ccccc2)cc(OC)c1. The first-order chi connectivity index (χ1) is 18.4. The van der Waals surface area contributed by atoms with Gasteiger partial charge in [0.1, 0.15) is 16.4 Å². The summed E-state index contributed by atoms with van der Waals surface area (Å²) in [5.74, 6) is 1.38. The van der Waals surface area contributed by atoms with E-state index in [2.05, 4.69) is 25.3 Å². The quantitative estimate of drug-likeness (QED) is 0.216. The lowest BCUT2D eigenvalue weighted by atomic mass is 10.2. The summed E-state index contributed by atoms with van der Waals surface area (Å²) in [6, 6.07) is 28.5. The van der Waals surface area contributed by atoms with E-state index < -0.39 is 10.0 Å². The highest BCUT2D eigenvalue weighted by Gasteiger charge is 2.22. The molecule has 10 heteroatoms. The van der Waals surface area contributed by atoms with Crippen molar-refractivity contribution in [2.24, 2.45) is 0 Å². The topological polar surface area (TPSA) is 114 Å². The lowest BCUT2D eigenvalue weighted by molar-refractivity contribution is 0.395. The molecule has 0 saturated heterocycles. The lowest BCUT2D eigenvalue weighted by Gasteiger charge is -2.17. The van der Waals surface area contributed by atoms with Crippen molar-refractivity contribution in [2.75, 3.05) is 29.6 Å². The van der Waals surface area contributed by atoms with Gasteiger partial charge in [0.25, 0.3) is 10.0 Å². The molecule has 0 fully saturated rings. The minimum Gasteiger partial charge on any atom is -0.497 e. The van der Waals surface area contributed by atoms with E-state index >= 15 is 0 Å². The normalized spacial score (nSPS) is 11.1. The van der Waals surface area contributed by atoms with Gasteiger partial charge >= 0.3 is 0 Å². The highest BCUT2D eigenvalue weighted by molar-refractivity contribution is 7.92. The summed E-state index contributed by atoms with van der Waals surface area (Å²) in [7, 11) is -0.977. The minimum absolute atomic E-state index is 0.0417. The molecule has 5 aromatic rings. The van der Waals surface area contributed by atoms with E-state index in [1.807, 2.05) is 42.5 Å². The summed E-state index contributed by atoms with van der Waals surface area (Å²) in [6.07, 6.45) is 0. The van der Waals surface area contributed by atoms with E-state index in [1.165, 1.54) is 6.07 Å². The molecule has 1 aromatic heterocycles. The Bertz CT molecular complexity index is 1670. The van der Waals surface area contributed by atoms with Crippen molar-refractivity contribution in [1.29, 1.82) is 0 Å². The molecule has 0 saturated carbocycles. The molecule has 5 rings (SSSR count). The van der Waals surface area contributed by atoms with Gasteiger partial charge in [-0.25, -0.2) is 18.4 Å². The minimum atomic E-state index is -4.08. The van der Waals surface area contributed by atoms with E-state index in [0.717, 1.165) is 5.69 Å². The Morgan fingerprint density at radius 2 is 1.21 bits per heavy atom. The smallest absolute Gasteiger partial charge is 0.265 e. The third kappa shape index (κ3) is 5.45. The molecular weight excluding hydrogens is 502 g/mol. The fraction of sp³-hybridized carbons (Fsp3) is 0.0714. The van der Waals surface area contributed by atoms with Gasteiger partial charge in [0.15, 0.2) is 11.6 Å². The van der Waals surface area contributed by atoms with Crippen LogP contribution in [0.25, 0.3) is 11.0 Å². The maximum Gasteiger partial charge on any atom is 0.265 e. The summed E-state index contributed by atoms with van der Waals surface area (Å²) in [5.41, 5.74) is 2.90. The molecule has 192 valence electrons. The number of rotatable bonds is 9. The Kier molecular flexibility index (Phi) is 6.96. The van der Waals surface area contributed by atoms with Crippen molar-refractivity contribution in [3.8, 4) is 11.5 Å². The molecule has 0 radical (unpaired) electrons. The van der Waals surface area contributed by atoms with Crippen LogP contribution in [0.5, 0.6) is 11.5 Å². The number of methoxy groups -OCH3 is 2. The third-order valence-electron chi connectivity index (χ3n) is 5.65. The number of anilines is 5. The fourth-order valence-electron chi connectivity index (χ4n) is 3.84. The summed E-state index contributed by atoms with van der Waals surface area (Å²) >= 11 is 0. The molecule has 38 heavy (non-hydrogen) atoms. The van der Waals surface area contributed by atoms with Gasteiger partial charge in [-0.3, -0.25) is 4.72 Å². The molecule has 1 heterocycles. The van der Waals surface area contributed by atoms with Gasteiger partial charge in [0, 0.05) is 29.6 Å². The molecule has 0 bridgehead atoms. The van der Waals surface area contributed by atoms with Crippen LogP contribution in [-0.2, 0) is 10.0 Å². The molecule has 0 amide bonds. The molecule has 0 atom stereocenters. The van der Waals surface area contributed by atoms with Crippen molar-refractivity contribution >= 4 is 49.8 Å². The van der Waals surface area contributed by atoms with Crippen molar-refractivity contribution in [2.45, 2.75) is 4.90 Å². The van der Waals surface area contributed by atoms with Crippen molar-refractivity contribution < 1.29 is 17.9 Å². The van der Waals surface area contributed by atoms with Crippen molar-refractivity contribution in [1.82, 2.24) is 9.97 Å². The largest absolute Gasteiger partial charge is 0.497 e. The van der Waals surface area contributed by atoms with Crippen LogP contribution in [0.3, 0.4) is 0 Å². The number of hydrogen-bond donors (Lipinski definition) is 3. The number of nitrogens with zero attached hydrogens (tertiary/aromatic N) is 2. The van der Waals surface area contributed by atoms with E-state index in [-0.39, 0.29) is 16.5 Å². The second-order valence-electron chi connectivity index (χ2n) is 8.23. The number of para-hydroxylation sites is 4. The van der Waals surface area contributed by atoms with Crippen LogP contribution in [0, 0.1) is 0 Å². The molecule has 4 aromatic carbocycles. The number of benzene rings is 4. The summed E-state index contributed by atoms with van der Waals surface area (Å²) < 4.78 is 40.7. The average Bonchev–Trinajstić information content (AvgIpc) is 2.93. The number of nitrogens with one attached hydrogen (secondary N) is 3. The second-order valence-corrected chi connectivity index (χ2v) is 9.88.